The van der Waals surface area contributed by atoms with Gasteiger partial charge < -0.3 is 10.4 Å². The number of halogens is 1. The molecule has 0 bridgehead atoms. The van der Waals surface area contributed by atoms with Gasteiger partial charge in [0.15, 0.2) is 5.82 Å². The highest BCUT2D eigenvalue weighted by molar-refractivity contribution is 7.22. The monoisotopic (exact) mass is 438 g/mol. The number of anilines is 2. The normalized spacial score (nSPS) is 14.0. The molecule has 0 radical (unpaired) electrons. The number of fused-ring (bicyclic) bond motifs is 1. The number of aromatic hydroxyl groups is 1. The smallest absolute Gasteiger partial charge is 0.151 e. The van der Waals surface area contributed by atoms with Crippen LogP contribution >= 0.6 is 23.7 Å². The number of benzene rings is 2. The van der Waals surface area contributed by atoms with Crippen molar-refractivity contribution in [2.75, 3.05) is 18.4 Å². The van der Waals surface area contributed by atoms with Crippen LogP contribution in [0.3, 0.4) is 0 Å². The first-order valence-corrected chi connectivity index (χ1v) is 10.7. The summed E-state index contributed by atoms with van der Waals surface area (Å²) in [6, 6.07) is 18.0. The maximum Gasteiger partial charge on any atom is 0.151 e. The van der Waals surface area contributed by atoms with Crippen LogP contribution < -0.4 is 5.32 Å². The van der Waals surface area contributed by atoms with Crippen LogP contribution in [0.25, 0.3) is 20.7 Å². The molecule has 5 rings (SSSR count). The van der Waals surface area contributed by atoms with Crippen molar-refractivity contribution < 1.29 is 5.11 Å². The second-order valence-electron chi connectivity index (χ2n) is 7.41. The number of likely N-dealkylation sites (tertiary alicyclic amines) is 1. The van der Waals surface area contributed by atoms with E-state index in [4.69, 9.17) is 0 Å². The zero-order valence-corrected chi connectivity index (χ0v) is 18.0. The van der Waals surface area contributed by atoms with Crippen LogP contribution in [-0.4, -0.2) is 33.1 Å². The van der Waals surface area contributed by atoms with E-state index in [1.54, 1.807) is 29.8 Å². The van der Waals surface area contributed by atoms with Gasteiger partial charge in [0.05, 0.1) is 10.2 Å². The van der Waals surface area contributed by atoms with E-state index in [0.29, 0.717) is 0 Å². The Morgan fingerprint density at radius 1 is 1.00 bits per heavy atom. The van der Waals surface area contributed by atoms with E-state index in [1.807, 2.05) is 12.1 Å². The summed E-state index contributed by atoms with van der Waals surface area (Å²) in [5.41, 5.74) is 4.29. The molecule has 30 heavy (non-hydrogen) atoms. The molecule has 2 aromatic heterocycles. The first kappa shape index (κ1) is 20.6. The summed E-state index contributed by atoms with van der Waals surface area (Å²) >= 11 is 1.69. The van der Waals surface area contributed by atoms with Gasteiger partial charge >= 0.3 is 0 Å². The minimum absolute atomic E-state index is 0. The predicted molar refractivity (Wildman–Crippen MR) is 126 cm³/mol. The SMILES string of the molecule is Cl.Oc1cccc(Nc2ncnc3cc(-c4cccc(CN5CCCC5)c4)sc23)c1. The largest absolute Gasteiger partial charge is 0.508 e. The molecular weight excluding hydrogens is 416 g/mol. The Bertz CT molecular complexity index is 1160. The fraction of sp³-hybridized carbons (Fsp3) is 0.217. The topological polar surface area (TPSA) is 61.3 Å². The molecule has 1 fully saturated rings. The summed E-state index contributed by atoms with van der Waals surface area (Å²) < 4.78 is 1.01. The molecule has 5 nitrogen and oxygen atoms in total. The van der Waals surface area contributed by atoms with E-state index in [1.165, 1.54) is 41.9 Å². The van der Waals surface area contributed by atoms with Crippen LogP contribution in [0.2, 0.25) is 0 Å². The summed E-state index contributed by atoms with van der Waals surface area (Å²) in [5.74, 6) is 0.979. The lowest BCUT2D eigenvalue weighted by Crippen LogP contribution is -2.18. The zero-order valence-electron chi connectivity index (χ0n) is 16.4. The molecule has 0 aliphatic carbocycles. The lowest BCUT2D eigenvalue weighted by molar-refractivity contribution is 0.331. The van der Waals surface area contributed by atoms with E-state index in [0.717, 1.165) is 28.3 Å². The van der Waals surface area contributed by atoms with Gasteiger partial charge in [0.2, 0.25) is 0 Å². The second kappa shape index (κ2) is 9.00. The van der Waals surface area contributed by atoms with Crippen LogP contribution in [0.5, 0.6) is 5.75 Å². The number of rotatable bonds is 5. The Balaban J connectivity index is 0.00000218. The van der Waals surface area contributed by atoms with Crippen molar-refractivity contribution >= 4 is 45.5 Å². The molecule has 1 saturated heterocycles. The molecule has 7 heteroatoms. The van der Waals surface area contributed by atoms with Crippen LogP contribution in [0.4, 0.5) is 11.5 Å². The summed E-state index contributed by atoms with van der Waals surface area (Å²) in [4.78, 5) is 12.6. The number of hydrogen-bond donors (Lipinski definition) is 2. The average molecular weight is 439 g/mol. The third-order valence-corrected chi connectivity index (χ3v) is 6.42. The van der Waals surface area contributed by atoms with E-state index >= 15 is 0 Å². The fourth-order valence-corrected chi connectivity index (χ4v) is 4.88. The van der Waals surface area contributed by atoms with Crippen LogP contribution in [-0.2, 0) is 6.54 Å². The lowest BCUT2D eigenvalue weighted by Gasteiger charge is -2.14. The van der Waals surface area contributed by atoms with Crippen LogP contribution in [0, 0.1) is 0 Å². The van der Waals surface area contributed by atoms with Gasteiger partial charge in [-0.25, -0.2) is 9.97 Å². The van der Waals surface area contributed by atoms with E-state index < -0.39 is 0 Å². The molecule has 2 N–H and O–H groups in total. The highest BCUT2D eigenvalue weighted by atomic mass is 35.5. The Labute approximate surface area is 185 Å². The Kier molecular flexibility index (Phi) is 6.18. The highest BCUT2D eigenvalue weighted by Gasteiger charge is 2.14. The van der Waals surface area contributed by atoms with Gasteiger partial charge in [0.25, 0.3) is 0 Å². The van der Waals surface area contributed by atoms with E-state index in [9.17, 15) is 5.11 Å². The van der Waals surface area contributed by atoms with Crippen molar-refractivity contribution in [1.82, 2.24) is 14.9 Å². The molecule has 0 unspecified atom stereocenters. The summed E-state index contributed by atoms with van der Waals surface area (Å²) in [7, 11) is 0. The molecule has 0 amide bonds. The summed E-state index contributed by atoms with van der Waals surface area (Å²) in [6.45, 7) is 3.42. The molecule has 2 aromatic carbocycles. The molecule has 0 saturated carbocycles. The van der Waals surface area contributed by atoms with Crippen molar-refractivity contribution in [3.8, 4) is 16.2 Å². The molecule has 0 spiro atoms. The van der Waals surface area contributed by atoms with Crippen LogP contribution in [0.15, 0.2) is 60.9 Å². The Hall–Kier alpha value is -2.67. The molecule has 3 heterocycles. The van der Waals surface area contributed by atoms with Gasteiger partial charge in [-0.15, -0.1) is 23.7 Å². The van der Waals surface area contributed by atoms with E-state index in [-0.39, 0.29) is 18.2 Å². The van der Waals surface area contributed by atoms with Gasteiger partial charge in [0, 0.05) is 23.2 Å². The molecule has 1 aliphatic heterocycles. The lowest BCUT2D eigenvalue weighted by atomic mass is 10.1. The number of nitrogens with one attached hydrogen (secondary N) is 1. The van der Waals surface area contributed by atoms with Gasteiger partial charge in [-0.05, 0) is 61.3 Å². The summed E-state index contributed by atoms with van der Waals surface area (Å²) in [5, 5.41) is 13.0. The number of phenolic OH excluding ortho intramolecular Hbond substituents is 1. The minimum atomic E-state index is 0. The zero-order chi connectivity index (χ0) is 19.6. The molecule has 1 aliphatic rings. The number of nitrogens with zero attached hydrogens (tertiary/aromatic N) is 3. The number of aromatic nitrogens is 2. The maximum atomic E-state index is 9.71. The van der Waals surface area contributed by atoms with Gasteiger partial charge in [-0.1, -0.05) is 24.3 Å². The Morgan fingerprint density at radius 2 is 1.83 bits per heavy atom. The number of hydrogen-bond acceptors (Lipinski definition) is 6. The third kappa shape index (κ3) is 4.41. The van der Waals surface area contributed by atoms with Crippen molar-refractivity contribution in [2.45, 2.75) is 19.4 Å². The van der Waals surface area contributed by atoms with Gasteiger partial charge in [0.1, 0.15) is 12.1 Å². The average Bonchev–Trinajstić information content (AvgIpc) is 3.38. The Morgan fingerprint density at radius 3 is 2.67 bits per heavy atom. The maximum absolute atomic E-state index is 9.71. The first-order chi connectivity index (χ1) is 14.2. The predicted octanol–water partition coefficient (Wildman–Crippen LogP) is 5.83. The van der Waals surface area contributed by atoms with E-state index in [2.05, 4.69) is 50.5 Å². The minimum Gasteiger partial charge on any atom is -0.508 e. The molecular formula is C23H23ClN4OS. The van der Waals surface area contributed by atoms with Crippen molar-refractivity contribution in [2.24, 2.45) is 0 Å². The van der Waals surface area contributed by atoms with Gasteiger partial charge in [-0.2, -0.15) is 0 Å². The quantitative estimate of drug-likeness (QED) is 0.410. The molecule has 4 aromatic rings. The summed E-state index contributed by atoms with van der Waals surface area (Å²) in [6.07, 6.45) is 4.20. The molecule has 0 atom stereocenters. The molecule has 154 valence electrons. The fourth-order valence-electron chi connectivity index (χ4n) is 3.83. The number of thiophene rings is 1. The van der Waals surface area contributed by atoms with Crippen LogP contribution in [0.1, 0.15) is 18.4 Å². The number of phenols is 1. The van der Waals surface area contributed by atoms with Crippen molar-refractivity contribution in [1.29, 1.82) is 0 Å². The highest BCUT2D eigenvalue weighted by Crippen LogP contribution is 2.37. The van der Waals surface area contributed by atoms with Crippen molar-refractivity contribution in [3.05, 3.63) is 66.5 Å². The van der Waals surface area contributed by atoms with Gasteiger partial charge in [-0.3, -0.25) is 4.90 Å². The second-order valence-corrected chi connectivity index (χ2v) is 8.46. The first-order valence-electron chi connectivity index (χ1n) is 9.87. The standard InChI is InChI=1S/C23H22N4OS.ClH/c28-19-8-4-7-18(12-19)26-23-22-20(24-15-25-23)13-21(29-22)17-6-3-5-16(11-17)14-27-9-1-2-10-27;/h3-8,11-13,15,28H,1-2,9-10,14H2,(H,24,25,26);1H. The van der Waals surface area contributed by atoms with Crippen molar-refractivity contribution in [3.63, 3.8) is 0 Å². The third-order valence-electron chi connectivity index (χ3n) is 5.24.